The van der Waals surface area contributed by atoms with Gasteiger partial charge in [0.15, 0.2) is 5.76 Å². The summed E-state index contributed by atoms with van der Waals surface area (Å²) in [7, 11) is 0. The molecule has 0 spiro atoms. The van der Waals surface area contributed by atoms with Gasteiger partial charge in [0, 0.05) is 5.02 Å². The van der Waals surface area contributed by atoms with E-state index in [1.807, 2.05) is 0 Å². The Bertz CT molecular complexity index is 1210. The zero-order chi connectivity index (χ0) is 21.8. The molecule has 4 rings (SSSR count). The van der Waals surface area contributed by atoms with Crippen molar-refractivity contribution in [1.82, 2.24) is 14.8 Å². The van der Waals surface area contributed by atoms with Gasteiger partial charge in [-0.05, 0) is 54.1 Å². The largest absolute Gasteiger partial charge is 0.486 e. The number of hydrogen-bond donors (Lipinski definition) is 1. The number of hydrogen-bond acceptors (Lipinski definition) is 5. The van der Waals surface area contributed by atoms with Crippen LogP contribution in [0.1, 0.15) is 21.9 Å². The van der Waals surface area contributed by atoms with Crippen molar-refractivity contribution in [2.75, 3.05) is 5.32 Å². The van der Waals surface area contributed by atoms with Gasteiger partial charge in [0.05, 0.1) is 6.54 Å². The molecule has 0 saturated heterocycles. The number of furan rings is 1. The Balaban J connectivity index is 1.34. The number of amides is 1. The highest BCUT2D eigenvalue weighted by Gasteiger charge is 2.14. The summed E-state index contributed by atoms with van der Waals surface area (Å²) in [5.41, 5.74) is 0.655. The van der Waals surface area contributed by atoms with E-state index in [0.29, 0.717) is 17.1 Å². The maximum Gasteiger partial charge on any atom is 0.293 e. The standard InChI is InChI=1S/C21H15ClF2N4O3/c22-18-9-15(24)2-1-13(18)10-28-12-25-21(27-28)26-20(29)19-8-7-17(31-19)11-30-16-5-3-14(23)4-6-16/h1-9,12H,10-11H2,(H,26,27,29). The predicted octanol–water partition coefficient (Wildman–Crippen LogP) is 4.68. The summed E-state index contributed by atoms with van der Waals surface area (Å²) in [4.78, 5) is 16.4. The molecule has 0 atom stereocenters. The summed E-state index contributed by atoms with van der Waals surface area (Å²) in [6.45, 7) is 0.331. The fourth-order valence-corrected chi connectivity index (χ4v) is 2.91. The first-order valence-electron chi connectivity index (χ1n) is 9.08. The number of aromatic nitrogens is 3. The molecule has 2 aromatic heterocycles. The van der Waals surface area contributed by atoms with Crippen LogP contribution in [0.25, 0.3) is 0 Å². The highest BCUT2D eigenvalue weighted by atomic mass is 35.5. The summed E-state index contributed by atoms with van der Waals surface area (Å²) in [6.07, 6.45) is 1.42. The number of halogens is 3. The molecule has 0 bridgehead atoms. The van der Waals surface area contributed by atoms with Crippen LogP contribution in [0.5, 0.6) is 5.75 Å². The van der Waals surface area contributed by atoms with Crippen LogP contribution in [0, 0.1) is 11.6 Å². The lowest BCUT2D eigenvalue weighted by Crippen LogP contribution is -2.12. The molecule has 158 valence electrons. The van der Waals surface area contributed by atoms with Crippen molar-refractivity contribution in [3.05, 3.63) is 94.7 Å². The summed E-state index contributed by atoms with van der Waals surface area (Å²) >= 11 is 6.01. The minimum absolute atomic E-state index is 0.0515. The Morgan fingerprint density at radius 2 is 1.87 bits per heavy atom. The molecule has 0 saturated carbocycles. The smallest absolute Gasteiger partial charge is 0.293 e. The lowest BCUT2D eigenvalue weighted by Gasteiger charge is -2.04. The van der Waals surface area contributed by atoms with Crippen molar-refractivity contribution in [3.8, 4) is 5.75 Å². The summed E-state index contributed by atoms with van der Waals surface area (Å²) in [5, 5.41) is 6.95. The summed E-state index contributed by atoms with van der Waals surface area (Å²) in [5.74, 6) is -0.314. The molecule has 1 amide bonds. The third kappa shape index (κ3) is 5.26. The highest BCUT2D eigenvalue weighted by Crippen LogP contribution is 2.19. The highest BCUT2D eigenvalue weighted by molar-refractivity contribution is 6.31. The SMILES string of the molecule is O=C(Nc1ncn(Cc2ccc(F)cc2Cl)n1)c1ccc(COc2ccc(F)cc2)o1. The van der Waals surface area contributed by atoms with Crippen LogP contribution >= 0.6 is 11.6 Å². The zero-order valence-corrected chi connectivity index (χ0v) is 16.6. The third-order valence-electron chi connectivity index (χ3n) is 4.19. The molecule has 0 radical (unpaired) electrons. The van der Waals surface area contributed by atoms with Gasteiger partial charge in [0.2, 0.25) is 5.95 Å². The van der Waals surface area contributed by atoms with Crippen molar-refractivity contribution < 1.29 is 22.7 Å². The van der Waals surface area contributed by atoms with Crippen LogP contribution in [-0.2, 0) is 13.2 Å². The topological polar surface area (TPSA) is 82.2 Å². The molecular formula is C21H15ClF2N4O3. The third-order valence-corrected chi connectivity index (χ3v) is 4.54. The predicted molar refractivity (Wildman–Crippen MR) is 108 cm³/mol. The average Bonchev–Trinajstić information content (AvgIpc) is 3.39. The monoisotopic (exact) mass is 444 g/mol. The van der Waals surface area contributed by atoms with Gasteiger partial charge in [-0.25, -0.2) is 18.4 Å². The zero-order valence-electron chi connectivity index (χ0n) is 15.9. The first-order chi connectivity index (χ1) is 15.0. The van der Waals surface area contributed by atoms with Gasteiger partial charge < -0.3 is 9.15 Å². The van der Waals surface area contributed by atoms with Crippen LogP contribution in [0.15, 0.2) is 65.3 Å². The van der Waals surface area contributed by atoms with E-state index in [1.165, 1.54) is 53.5 Å². The first kappa shape index (κ1) is 20.5. The van der Waals surface area contributed by atoms with Gasteiger partial charge >= 0.3 is 0 Å². The van der Waals surface area contributed by atoms with Gasteiger partial charge in [-0.15, -0.1) is 5.10 Å². The minimum Gasteiger partial charge on any atom is -0.486 e. The Morgan fingerprint density at radius 3 is 2.65 bits per heavy atom. The van der Waals surface area contributed by atoms with Crippen LogP contribution in [-0.4, -0.2) is 20.7 Å². The van der Waals surface area contributed by atoms with Gasteiger partial charge in [-0.2, -0.15) is 0 Å². The first-order valence-corrected chi connectivity index (χ1v) is 9.46. The number of nitrogens with one attached hydrogen (secondary N) is 1. The fraction of sp³-hybridized carbons (Fsp3) is 0.0952. The Labute approximate surface area is 180 Å². The number of carbonyl (C=O) groups excluding carboxylic acids is 1. The minimum atomic E-state index is -0.536. The van der Waals surface area contributed by atoms with E-state index in [1.54, 1.807) is 12.1 Å². The second-order valence-electron chi connectivity index (χ2n) is 6.46. The number of benzene rings is 2. The molecule has 0 unspecified atom stereocenters. The number of carbonyl (C=O) groups is 1. The molecule has 4 aromatic rings. The average molecular weight is 445 g/mol. The van der Waals surface area contributed by atoms with E-state index in [0.717, 1.165) is 0 Å². The van der Waals surface area contributed by atoms with Crippen molar-refractivity contribution in [2.45, 2.75) is 13.2 Å². The molecule has 0 fully saturated rings. The molecule has 7 nitrogen and oxygen atoms in total. The molecule has 31 heavy (non-hydrogen) atoms. The van der Waals surface area contributed by atoms with Crippen molar-refractivity contribution in [3.63, 3.8) is 0 Å². The molecule has 2 heterocycles. The van der Waals surface area contributed by atoms with Gasteiger partial charge in [-0.3, -0.25) is 10.1 Å². The normalized spacial score (nSPS) is 10.8. The lowest BCUT2D eigenvalue weighted by atomic mass is 10.2. The second kappa shape index (κ2) is 8.97. The van der Waals surface area contributed by atoms with Crippen LogP contribution < -0.4 is 10.1 Å². The van der Waals surface area contributed by atoms with Crippen LogP contribution in [0.2, 0.25) is 5.02 Å². The van der Waals surface area contributed by atoms with Crippen molar-refractivity contribution >= 4 is 23.5 Å². The fourth-order valence-electron chi connectivity index (χ4n) is 2.68. The van der Waals surface area contributed by atoms with E-state index in [-0.39, 0.29) is 35.7 Å². The Hall–Kier alpha value is -3.72. The summed E-state index contributed by atoms with van der Waals surface area (Å²) < 4.78 is 38.5. The maximum atomic E-state index is 13.1. The van der Waals surface area contributed by atoms with Crippen molar-refractivity contribution in [2.24, 2.45) is 0 Å². The van der Waals surface area contributed by atoms with E-state index in [2.05, 4.69) is 15.4 Å². The molecule has 0 aliphatic rings. The van der Waals surface area contributed by atoms with Gasteiger partial charge in [0.25, 0.3) is 5.91 Å². The maximum absolute atomic E-state index is 13.1. The Kier molecular flexibility index (Phi) is 5.94. The lowest BCUT2D eigenvalue weighted by molar-refractivity contribution is 0.0991. The molecular weight excluding hydrogens is 430 g/mol. The molecule has 0 aliphatic carbocycles. The second-order valence-corrected chi connectivity index (χ2v) is 6.87. The number of anilines is 1. The van der Waals surface area contributed by atoms with Crippen LogP contribution in [0.3, 0.4) is 0 Å². The molecule has 2 aromatic carbocycles. The van der Waals surface area contributed by atoms with E-state index < -0.39 is 11.7 Å². The quantitative estimate of drug-likeness (QED) is 0.447. The number of ether oxygens (including phenoxy) is 1. The van der Waals surface area contributed by atoms with Crippen LogP contribution in [0.4, 0.5) is 14.7 Å². The molecule has 0 aliphatic heterocycles. The Morgan fingerprint density at radius 1 is 1.10 bits per heavy atom. The van der Waals surface area contributed by atoms with Gasteiger partial charge in [-0.1, -0.05) is 17.7 Å². The molecule has 1 N–H and O–H groups in total. The summed E-state index contributed by atoms with van der Waals surface area (Å²) in [6, 6.07) is 12.7. The van der Waals surface area contributed by atoms with E-state index in [4.69, 9.17) is 20.8 Å². The molecule has 10 heteroatoms. The van der Waals surface area contributed by atoms with E-state index >= 15 is 0 Å². The van der Waals surface area contributed by atoms with E-state index in [9.17, 15) is 13.6 Å². The number of nitrogens with zero attached hydrogens (tertiary/aromatic N) is 3. The number of rotatable bonds is 7. The van der Waals surface area contributed by atoms with Gasteiger partial charge in [0.1, 0.15) is 36.1 Å². The van der Waals surface area contributed by atoms with Crippen molar-refractivity contribution in [1.29, 1.82) is 0 Å².